The highest BCUT2D eigenvalue weighted by Crippen LogP contribution is 2.23. The van der Waals surface area contributed by atoms with E-state index in [2.05, 4.69) is 10.2 Å². The Morgan fingerprint density at radius 2 is 1.63 bits per heavy atom. The van der Waals surface area contributed by atoms with Crippen molar-refractivity contribution >= 4 is 29.1 Å². The van der Waals surface area contributed by atoms with Gasteiger partial charge in [-0.1, -0.05) is 54.1 Å². The molecule has 3 aromatic rings. The maximum Gasteiger partial charge on any atom is 0.253 e. The molecule has 4 rings (SSSR count). The molecule has 35 heavy (non-hydrogen) atoms. The van der Waals surface area contributed by atoms with Gasteiger partial charge < -0.3 is 19.9 Å². The van der Waals surface area contributed by atoms with E-state index in [-0.39, 0.29) is 18.2 Å². The van der Waals surface area contributed by atoms with Crippen molar-refractivity contribution in [3.63, 3.8) is 0 Å². The zero-order valence-electron chi connectivity index (χ0n) is 19.8. The number of carbonyl (C=O) groups excluding carboxylic acids is 2. The molecule has 1 aliphatic rings. The Labute approximate surface area is 211 Å². The number of methoxy groups -OCH3 is 1. The summed E-state index contributed by atoms with van der Waals surface area (Å²) < 4.78 is 5.26. The molecule has 3 aromatic carbocycles. The summed E-state index contributed by atoms with van der Waals surface area (Å²) in [6, 6.07) is 24.1. The van der Waals surface area contributed by atoms with Crippen LogP contribution in [0.15, 0.2) is 78.9 Å². The number of nitrogens with zero attached hydrogens (tertiary/aromatic N) is 2. The van der Waals surface area contributed by atoms with Gasteiger partial charge in [0.2, 0.25) is 5.91 Å². The highest BCUT2D eigenvalue weighted by molar-refractivity contribution is 6.33. The van der Waals surface area contributed by atoms with Crippen LogP contribution in [-0.4, -0.2) is 50.0 Å². The number of hydrogen-bond acceptors (Lipinski definition) is 4. The molecule has 182 valence electrons. The first kappa shape index (κ1) is 24.6. The quantitative estimate of drug-likeness (QED) is 0.508. The average molecular weight is 492 g/mol. The minimum absolute atomic E-state index is 0.0230. The first-order valence-corrected chi connectivity index (χ1v) is 12.2. The normalized spacial score (nSPS) is 14.7. The predicted octanol–water partition coefficient (Wildman–Crippen LogP) is 4.95. The van der Waals surface area contributed by atoms with E-state index in [1.54, 1.807) is 31.4 Å². The molecule has 2 amide bonds. The summed E-state index contributed by atoms with van der Waals surface area (Å²) in [6.07, 6.45) is 1.06. The highest BCUT2D eigenvalue weighted by atomic mass is 35.5. The second kappa shape index (κ2) is 11.8. The Hall–Kier alpha value is -3.51. The van der Waals surface area contributed by atoms with Crippen molar-refractivity contribution in [2.75, 3.05) is 38.2 Å². The predicted molar refractivity (Wildman–Crippen MR) is 139 cm³/mol. The molecule has 0 aliphatic carbocycles. The van der Waals surface area contributed by atoms with Crippen molar-refractivity contribution in [1.29, 1.82) is 0 Å². The second-order valence-corrected chi connectivity index (χ2v) is 8.95. The zero-order valence-corrected chi connectivity index (χ0v) is 20.6. The summed E-state index contributed by atoms with van der Waals surface area (Å²) in [5.41, 5.74) is 2.40. The van der Waals surface area contributed by atoms with E-state index in [1.807, 2.05) is 59.5 Å². The van der Waals surface area contributed by atoms with Crippen molar-refractivity contribution in [3.8, 4) is 5.75 Å². The smallest absolute Gasteiger partial charge is 0.253 e. The maximum atomic E-state index is 13.4. The van der Waals surface area contributed by atoms with Gasteiger partial charge in [0.15, 0.2) is 0 Å². The van der Waals surface area contributed by atoms with Crippen LogP contribution < -0.4 is 15.0 Å². The van der Waals surface area contributed by atoms with Gasteiger partial charge in [0.1, 0.15) is 5.75 Å². The Balaban J connectivity index is 1.43. The van der Waals surface area contributed by atoms with E-state index in [9.17, 15) is 9.59 Å². The minimum atomic E-state index is -0.451. The van der Waals surface area contributed by atoms with Crippen molar-refractivity contribution in [1.82, 2.24) is 10.2 Å². The third kappa shape index (κ3) is 6.34. The van der Waals surface area contributed by atoms with Crippen LogP contribution >= 0.6 is 11.6 Å². The maximum absolute atomic E-state index is 13.4. The molecule has 1 N–H and O–H groups in total. The van der Waals surface area contributed by atoms with Crippen LogP contribution in [0.2, 0.25) is 5.02 Å². The summed E-state index contributed by atoms with van der Waals surface area (Å²) in [6.45, 7) is 2.94. The van der Waals surface area contributed by atoms with E-state index < -0.39 is 6.04 Å². The summed E-state index contributed by atoms with van der Waals surface area (Å²) in [5, 5.41) is 3.41. The Bertz CT molecular complexity index is 1140. The first-order chi connectivity index (χ1) is 17.0. The number of halogens is 1. The molecule has 0 spiro atoms. The Morgan fingerprint density at radius 3 is 2.34 bits per heavy atom. The number of hydrogen-bond donors (Lipinski definition) is 1. The molecule has 1 saturated heterocycles. The standard InChI is InChI=1S/C28H30ClN3O3/c1-35-23-14-12-22(13-15-23)31-16-7-17-32(19-18-31)27(33)20-26(21-8-3-2-4-9-21)30-28(34)24-10-5-6-11-25(24)29/h2-6,8-15,26H,7,16-20H2,1H3,(H,30,34)/t26-/m1/s1. The van der Waals surface area contributed by atoms with Crippen molar-refractivity contribution in [2.45, 2.75) is 18.9 Å². The van der Waals surface area contributed by atoms with Crippen LogP contribution in [0.25, 0.3) is 0 Å². The van der Waals surface area contributed by atoms with Crippen LogP contribution in [0.5, 0.6) is 5.75 Å². The number of anilines is 1. The van der Waals surface area contributed by atoms with Crippen molar-refractivity contribution in [2.24, 2.45) is 0 Å². The third-order valence-corrected chi connectivity index (χ3v) is 6.62. The lowest BCUT2D eigenvalue weighted by Crippen LogP contribution is -2.38. The second-order valence-electron chi connectivity index (χ2n) is 8.54. The fourth-order valence-corrected chi connectivity index (χ4v) is 4.56. The van der Waals surface area contributed by atoms with Crippen LogP contribution in [0.4, 0.5) is 5.69 Å². The minimum Gasteiger partial charge on any atom is -0.497 e. The number of carbonyl (C=O) groups is 2. The highest BCUT2D eigenvalue weighted by Gasteiger charge is 2.25. The number of amides is 2. The monoisotopic (exact) mass is 491 g/mol. The lowest BCUT2D eigenvalue weighted by Gasteiger charge is -2.26. The van der Waals surface area contributed by atoms with Gasteiger partial charge >= 0.3 is 0 Å². The summed E-state index contributed by atoms with van der Waals surface area (Å²) in [7, 11) is 1.66. The van der Waals surface area contributed by atoms with Gasteiger partial charge in [0, 0.05) is 31.9 Å². The molecule has 1 aliphatic heterocycles. The molecule has 0 unspecified atom stereocenters. The molecule has 6 nitrogen and oxygen atoms in total. The van der Waals surface area contributed by atoms with Crippen molar-refractivity contribution < 1.29 is 14.3 Å². The molecule has 1 heterocycles. The fourth-order valence-electron chi connectivity index (χ4n) is 4.34. The van der Waals surface area contributed by atoms with Crippen LogP contribution in [0, 0.1) is 0 Å². The van der Waals surface area contributed by atoms with E-state index >= 15 is 0 Å². The average Bonchev–Trinajstić information content (AvgIpc) is 3.15. The lowest BCUT2D eigenvalue weighted by molar-refractivity contribution is -0.131. The van der Waals surface area contributed by atoms with Gasteiger partial charge in [-0.15, -0.1) is 0 Å². The zero-order chi connectivity index (χ0) is 24.6. The molecular formula is C28H30ClN3O3. The third-order valence-electron chi connectivity index (χ3n) is 6.29. The van der Waals surface area contributed by atoms with Gasteiger partial charge in [-0.05, 0) is 48.4 Å². The molecular weight excluding hydrogens is 462 g/mol. The molecule has 0 saturated carbocycles. The molecule has 7 heteroatoms. The Kier molecular flexibility index (Phi) is 8.27. The van der Waals surface area contributed by atoms with E-state index in [0.29, 0.717) is 23.7 Å². The van der Waals surface area contributed by atoms with Crippen LogP contribution in [-0.2, 0) is 4.79 Å². The summed E-state index contributed by atoms with van der Waals surface area (Å²) in [4.78, 5) is 30.5. The first-order valence-electron chi connectivity index (χ1n) is 11.8. The Morgan fingerprint density at radius 1 is 0.914 bits per heavy atom. The number of ether oxygens (including phenoxy) is 1. The van der Waals surface area contributed by atoms with Gasteiger partial charge in [-0.25, -0.2) is 0 Å². The largest absolute Gasteiger partial charge is 0.497 e. The number of rotatable bonds is 7. The topological polar surface area (TPSA) is 61.9 Å². The van der Waals surface area contributed by atoms with Crippen LogP contribution in [0.3, 0.4) is 0 Å². The van der Waals surface area contributed by atoms with Gasteiger partial charge in [0.05, 0.1) is 30.2 Å². The SMILES string of the molecule is COc1ccc(N2CCCN(C(=O)C[C@@H](NC(=O)c3ccccc3Cl)c3ccccc3)CC2)cc1. The van der Waals surface area contributed by atoms with E-state index in [0.717, 1.165) is 36.5 Å². The summed E-state index contributed by atoms with van der Waals surface area (Å²) in [5.74, 6) is 0.555. The van der Waals surface area contributed by atoms with Gasteiger partial charge in [-0.3, -0.25) is 9.59 Å². The molecule has 1 atom stereocenters. The molecule has 0 aromatic heterocycles. The summed E-state index contributed by atoms with van der Waals surface area (Å²) >= 11 is 6.23. The lowest BCUT2D eigenvalue weighted by atomic mass is 10.0. The van der Waals surface area contributed by atoms with Gasteiger partial charge in [-0.2, -0.15) is 0 Å². The fraction of sp³-hybridized carbons (Fsp3) is 0.286. The van der Waals surface area contributed by atoms with Gasteiger partial charge in [0.25, 0.3) is 5.91 Å². The number of benzene rings is 3. The molecule has 0 bridgehead atoms. The van der Waals surface area contributed by atoms with E-state index in [4.69, 9.17) is 16.3 Å². The number of nitrogens with one attached hydrogen (secondary N) is 1. The molecule has 0 radical (unpaired) electrons. The van der Waals surface area contributed by atoms with Crippen LogP contribution in [0.1, 0.15) is 34.8 Å². The molecule has 1 fully saturated rings. The van der Waals surface area contributed by atoms with Crippen molar-refractivity contribution in [3.05, 3.63) is 95.0 Å². The van der Waals surface area contributed by atoms with E-state index in [1.165, 1.54) is 0 Å².